The molecule has 4 heteroatoms. The van der Waals surface area contributed by atoms with Crippen molar-refractivity contribution in [3.8, 4) is 0 Å². The number of nitrogens with one attached hydrogen (secondary N) is 1. The van der Waals surface area contributed by atoms with Crippen molar-refractivity contribution in [1.82, 2.24) is 9.78 Å². The zero-order valence-corrected chi connectivity index (χ0v) is 11.7. The van der Waals surface area contributed by atoms with Gasteiger partial charge in [0.1, 0.15) is 4.47 Å². The summed E-state index contributed by atoms with van der Waals surface area (Å²) in [5.74, 6) is 1.24. The number of H-pyrrole nitrogens is 1. The molecule has 1 atom stereocenters. The maximum Gasteiger partial charge on any atom is 0.281 e. The van der Waals surface area contributed by atoms with Crippen LogP contribution < -0.4 is 5.56 Å². The number of halogens is 1. The Kier molecular flexibility index (Phi) is 3.29. The van der Waals surface area contributed by atoms with E-state index in [0.717, 1.165) is 12.1 Å². The van der Waals surface area contributed by atoms with E-state index in [1.54, 1.807) is 4.68 Å². The van der Waals surface area contributed by atoms with E-state index in [1.807, 2.05) is 0 Å². The summed E-state index contributed by atoms with van der Waals surface area (Å²) < 4.78 is 2.51. The van der Waals surface area contributed by atoms with E-state index < -0.39 is 0 Å². The van der Waals surface area contributed by atoms with E-state index in [4.69, 9.17) is 0 Å². The molecular formula is C12H19BrN2O. The lowest BCUT2D eigenvalue weighted by Gasteiger charge is -2.10. The van der Waals surface area contributed by atoms with Crippen molar-refractivity contribution in [2.24, 2.45) is 11.8 Å². The van der Waals surface area contributed by atoms with Gasteiger partial charge in [-0.15, -0.1) is 0 Å². The average Bonchev–Trinajstić information content (AvgIpc) is 3.00. The summed E-state index contributed by atoms with van der Waals surface area (Å²) in [4.78, 5) is 12.0. The Morgan fingerprint density at radius 2 is 2.06 bits per heavy atom. The quantitative estimate of drug-likeness (QED) is 0.907. The lowest BCUT2D eigenvalue weighted by Crippen LogP contribution is -2.22. The molecule has 1 saturated carbocycles. The smallest absolute Gasteiger partial charge is 0.281 e. The van der Waals surface area contributed by atoms with E-state index in [9.17, 15) is 4.79 Å². The summed E-state index contributed by atoms with van der Waals surface area (Å²) in [6, 6.07) is 0.310. The predicted octanol–water partition coefficient (Wildman–Crippen LogP) is 3.11. The molecule has 1 aromatic heterocycles. The monoisotopic (exact) mass is 286 g/mol. The van der Waals surface area contributed by atoms with Crippen molar-refractivity contribution in [1.29, 1.82) is 0 Å². The molecule has 0 aliphatic heterocycles. The fourth-order valence-corrected chi connectivity index (χ4v) is 2.54. The van der Waals surface area contributed by atoms with Crippen molar-refractivity contribution < 1.29 is 0 Å². The molecule has 0 bridgehead atoms. The summed E-state index contributed by atoms with van der Waals surface area (Å²) in [7, 11) is 0. The highest BCUT2D eigenvalue weighted by molar-refractivity contribution is 9.10. The molecular weight excluding hydrogens is 268 g/mol. The fourth-order valence-electron chi connectivity index (χ4n) is 2.10. The van der Waals surface area contributed by atoms with Crippen LogP contribution >= 0.6 is 15.9 Å². The summed E-state index contributed by atoms with van der Waals surface area (Å²) in [5.41, 5.74) is 1.13. The van der Waals surface area contributed by atoms with Crippen LogP contribution in [0.3, 0.4) is 0 Å². The Labute approximate surface area is 104 Å². The van der Waals surface area contributed by atoms with Crippen LogP contribution in [0.4, 0.5) is 0 Å². The van der Waals surface area contributed by atoms with Crippen LogP contribution in [0.1, 0.15) is 45.3 Å². The third kappa shape index (κ3) is 2.26. The minimum Gasteiger partial charge on any atom is -0.298 e. The Bertz CT molecular complexity index is 429. The fraction of sp³-hybridized carbons (Fsp3) is 0.750. The van der Waals surface area contributed by atoms with Crippen molar-refractivity contribution >= 4 is 15.9 Å². The van der Waals surface area contributed by atoms with Gasteiger partial charge in [0.05, 0.1) is 11.7 Å². The maximum absolute atomic E-state index is 12.0. The first-order valence-electron chi connectivity index (χ1n) is 5.99. The summed E-state index contributed by atoms with van der Waals surface area (Å²) in [6.45, 7) is 6.44. The molecule has 0 saturated heterocycles. The van der Waals surface area contributed by atoms with Crippen LogP contribution in [-0.2, 0) is 6.42 Å². The van der Waals surface area contributed by atoms with Gasteiger partial charge in [-0.05, 0) is 54.0 Å². The number of nitrogens with zero attached hydrogens (tertiary/aromatic N) is 1. The van der Waals surface area contributed by atoms with Gasteiger partial charge in [-0.2, -0.15) is 0 Å². The number of aromatic amines is 1. The predicted molar refractivity (Wildman–Crippen MR) is 68.7 cm³/mol. The van der Waals surface area contributed by atoms with Gasteiger partial charge < -0.3 is 0 Å². The van der Waals surface area contributed by atoms with Crippen LogP contribution in [0.2, 0.25) is 0 Å². The van der Waals surface area contributed by atoms with Gasteiger partial charge in [-0.3, -0.25) is 9.89 Å². The Morgan fingerprint density at radius 3 is 2.56 bits per heavy atom. The van der Waals surface area contributed by atoms with E-state index >= 15 is 0 Å². The molecule has 0 aromatic carbocycles. The van der Waals surface area contributed by atoms with Gasteiger partial charge in [-0.25, -0.2) is 4.68 Å². The molecule has 1 aromatic rings. The number of rotatable bonds is 4. The van der Waals surface area contributed by atoms with Crippen LogP contribution in [0.5, 0.6) is 0 Å². The van der Waals surface area contributed by atoms with Gasteiger partial charge in [0.2, 0.25) is 0 Å². The summed E-state index contributed by atoms with van der Waals surface area (Å²) in [5, 5.41) is 3.26. The number of hydrogen-bond donors (Lipinski definition) is 1. The minimum absolute atomic E-state index is 0.0926. The highest BCUT2D eigenvalue weighted by atomic mass is 79.9. The largest absolute Gasteiger partial charge is 0.298 e. The standard InChI is InChI=1S/C12H19BrN2O/c1-7(2)6-10-11(13)12(16)15(14-10)8(3)9-4-5-9/h7-9,14H,4-6H2,1-3H3. The lowest BCUT2D eigenvalue weighted by molar-refractivity contribution is 0.424. The van der Waals surface area contributed by atoms with E-state index in [1.165, 1.54) is 12.8 Å². The first-order valence-corrected chi connectivity index (χ1v) is 6.79. The van der Waals surface area contributed by atoms with E-state index in [2.05, 4.69) is 41.8 Å². The molecule has 2 rings (SSSR count). The second kappa shape index (κ2) is 4.40. The minimum atomic E-state index is 0.0926. The first-order chi connectivity index (χ1) is 7.50. The maximum atomic E-state index is 12.0. The van der Waals surface area contributed by atoms with Gasteiger partial charge in [0, 0.05) is 0 Å². The topological polar surface area (TPSA) is 37.8 Å². The normalized spacial score (nSPS) is 18.1. The lowest BCUT2D eigenvalue weighted by atomic mass is 10.1. The van der Waals surface area contributed by atoms with E-state index in [0.29, 0.717) is 22.4 Å². The second-order valence-electron chi connectivity index (χ2n) is 5.26. The molecule has 1 fully saturated rings. The van der Waals surface area contributed by atoms with Crippen LogP contribution in [0.15, 0.2) is 9.27 Å². The average molecular weight is 287 g/mol. The zero-order chi connectivity index (χ0) is 11.9. The molecule has 1 heterocycles. The number of hydrogen-bond acceptors (Lipinski definition) is 1. The molecule has 0 amide bonds. The molecule has 1 aliphatic carbocycles. The van der Waals surface area contributed by atoms with Crippen LogP contribution in [-0.4, -0.2) is 9.78 Å². The molecule has 1 N–H and O–H groups in total. The van der Waals surface area contributed by atoms with Gasteiger partial charge >= 0.3 is 0 Å². The third-order valence-corrected chi connectivity index (χ3v) is 4.07. The Hall–Kier alpha value is -0.510. The van der Waals surface area contributed by atoms with Crippen LogP contribution in [0.25, 0.3) is 0 Å². The first kappa shape index (κ1) is 12.0. The van der Waals surface area contributed by atoms with E-state index in [-0.39, 0.29) is 5.56 Å². The molecule has 0 spiro atoms. The van der Waals surface area contributed by atoms with Gasteiger partial charge in [0.25, 0.3) is 5.56 Å². The zero-order valence-electron chi connectivity index (χ0n) is 10.1. The van der Waals surface area contributed by atoms with Crippen molar-refractivity contribution in [3.63, 3.8) is 0 Å². The molecule has 1 aliphatic rings. The third-order valence-electron chi connectivity index (χ3n) is 3.25. The van der Waals surface area contributed by atoms with Gasteiger partial charge in [-0.1, -0.05) is 13.8 Å². The highest BCUT2D eigenvalue weighted by Crippen LogP contribution is 2.38. The Balaban J connectivity index is 2.28. The summed E-state index contributed by atoms with van der Waals surface area (Å²) in [6.07, 6.45) is 3.42. The van der Waals surface area contributed by atoms with Crippen LogP contribution in [0, 0.1) is 11.8 Å². The van der Waals surface area contributed by atoms with Crippen molar-refractivity contribution in [3.05, 3.63) is 20.5 Å². The van der Waals surface area contributed by atoms with Crippen molar-refractivity contribution in [2.75, 3.05) is 0 Å². The molecule has 1 unspecified atom stereocenters. The second-order valence-corrected chi connectivity index (χ2v) is 6.05. The van der Waals surface area contributed by atoms with Gasteiger partial charge in [0.15, 0.2) is 0 Å². The van der Waals surface area contributed by atoms with Crippen molar-refractivity contribution in [2.45, 2.75) is 46.1 Å². The number of aromatic nitrogens is 2. The molecule has 3 nitrogen and oxygen atoms in total. The Morgan fingerprint density at radius 1 is 1.44 bits per heavy atom. The molecule has 0 radical (unpaired) electrons. The summed E-state index contributed by atoms with van der Waals surface area (Å²) >= 11 is 3.40. The molecule has 90 valence electrons. The highest BCUT2D eigenvalue weighted by Gasteiger charge is 2.31. The molecule has 16 heavy (non-hydrogen) atoms. The SMILES string of the molecule is CC(C)Cc1[nH]n(C(C)C2CC2)c(=O)c1Br.